The van der Waals surface area contributed by atoms with Crippen LogP contribution in [0.3, 0.4) is 0 Å². The molecule has 0 unspecified atom stereocenters. The molecule has 0 bridgehead atoms. The lowest BCUT2D eigenvalue weighted by Gasteiger charge is -2.17. The molecule has 2 aromatic heterocycles. The molecule has 0 aliphatic carbocycles. The average molecular weight is 288 g/mol. The molecule has 0 aliphatic rings. The van der Waals surface area contributed by atoms with Crippen molar-refractivity contribution in [1.82, 2.24) is 14.6 Å². The van der Waals surface area contributed by atoms with Gasteiger partial charge >= 0.3 is 0 Å². The molecule has 0 aliphatic heterocycles. The van der Waals surface area contributed by atoms with Crippen molar-refractivity contribution in [2.24, 2.45) is 0 Å². The van der Waals surface area contributed by atoms with Crippen molar-refractivity contribution in [3.8, 4) is 0 Å². The van der Waals surface area contributed by atoms with Crippen LogP contribution in [0.25, 0.3) is 16.6 Å². The third-order valence-electron chi connectivity index (χ3n) is 3.89. The van der Waals surface area contributed by atoms with Gasteiger partial charge in [-0.25, -0.2) is 9.50 Å². The van der Waals surface area contributed by atoms with Crippen molar-refractivity contribution < 1.29 is 0 Å². The standard InChI is InChI=1S/C18H16N4/c1-13(14-7-3-2-4-8-14)20-18-15-9-5-6-10-16(15)22-17(21-18)11-12-19-22/h2-13H,1H3,(H,20,21)/t13-/m0/s1. The highest BCUT2D eigenvalue weighted by Gasteiger charge is 2.11. The largest absolute Gasteiger partial charge is 0.363 e. The molecule has 0 saturated carbocycles. The zero-order chi connectivity index (χ0) is 14.9. The summed E-state index contributed by atoms with van der Waals surface area (Å²) in [5.74, 6) is 0.889. The van der Waals surface area contributed by atoms with Gasteiger partial charge in [0, 0.05) is 17.5 Å². The lowest BCUT2D eigenvalue weighted by atomic mass is 10.1. The number of nitrogens with zero attached hydrogens (tertiary/aromatic N) is 3. The third-order valence-corrected chi connectivity index (χ3v) is 3.89. The fraction of sp³-hybridized carbons (Fsp3) is 0.111. The van der Waals surface area contributed by atoms with E-state index in [1.807, 2.05) is 28.8 Å². The topological polar surface area (TPSA) is 42.2 Å². The second-order valence-electron chi connectivity index (χ2n) is 5.36. The molecular weight excluding hydrogens is 272 g/mol. The van der Waals surface area contributed by atoms with Gasteiger partial charge < -0.3 is 5.32 Å². The summed E-state index contributed by atoms with van der Waals surface area (Å²) in [4.78, 5) is 4.72. The van der Waals surface area contributed by atoms with Gasteiger partial charge in [-0.3, -0.25) is 0 Å². The number of anilines is 1. The average Bonchev–Trinajstić information content (AvgIpc) is 3.04. The first-order valence-corrected chi connectivity index (χ1v) is 7.37. The first kappa shape index (κ1) is 12.8. The van der Waals surface area contributed by atoms with E-state index in [1.165, 1.54) is 5.56 Å². The predicted octanol–water partition coefficient (Wildman–Crippen LogP) is 4.06. The summed E-state index contributed by atoms with van der Waals surface area (Å²) in [5, 5.41) is 8.95. The summed E-state index contributed by atoms with van der Waals surface area (Å²) < 4.78 is 1.87. The van der Waals surface area contributed by atoms with E-state index in [0.29, 0.717) is 0 Å². The highest BCUT2D eigenvalue weighted by molar-refractivity contribution is 5.91. The number of benzene rings is 2. The number of aromatic nitrogens is 3. The molecule has 0 fully saturated rings. The second kappa shape index (κ2) is 5.15. The molecular formula is C18H16N4. The molecule has 22 heavy (non-hydrogen) atoms. The van der Waals surface area contributed by atoms with Crippen molar-refractivity contribution in [3.63, 3.8) is 0 Å². The molecule has 108 valence electrons. The molecule has 2 aromatic carbocycles. The lowest BCUT2D eigenvalue weighted by Crippen LogP contribution is -2.09. The molecule has 4 nitrogen and oxygen atoms in total. The highest BCUT2D eigenvalue weighted by atomic mass is 15.3. The van der Waals surface area contributed by atoms with Crippen molar-refractivity contribution in [2.45, 2.75) is 13.0 Å². The van der Waals surface area contributed by atoms with Crippen LogP contribution in [-0.2, 0) is 0 Å². The van der Waals surface area contributed by atoms with E-state index in [2.05, 4.69) is 53.7 Å². The summed E-state index contributed by atoms with van der Waals surface area (Å²) in [6, 6.07) is 20.7. The van der Waals surface area contributed by atoms with Crippen molar-refractivity contribution in [2.75, 3.05) is 5.32 Å². The van der Waals surface area contributed by atoms with Gasteiger partial charge in [0.25, 0.3) is 0 Å². The number of fused-ring (bicyclic) bond motifs is 3. The number of hydrogen-bond acceptors (Lipinski definition) is 3. The SMILES string of the molecule is C[C@H](Nc1nc2ccnn2c2ccccc12)c1ccccc1. The van der Waals surface area contributed by atoms with Crippen molar-refractivity contribution in [1.29, 1.82) is 0 Å². The van der Waals surface area contributed by atoms with Crippen LogP contribution in [0.2, 0.25) is 0 Å². The third kappa shape index (κ3) is 2.09. The molecule has 1 N–H and O–H groups in total. The zero-order valence-corrected chi connectivity index (χ0v) is 12.3. The molecule has 0 radical (unpaired) electrons. The lowest BCUT2D eigenvalue weighted by molar-refractivity contribution is 0.875. The van der Waals surface area contributed by atoms with Gasteiger partial charge in [-0.15, -0.1) is 0 Å². The van der Waals surface area contributed by atoms with Crippen molar-refractivity contribution in [3.05, 3.63) is 72.4 Å². The van der Waals surface area contributed by atoms with Crippen LogP contribution in [0.4, 0.5) is 5.82 Å². The van der Waals surface area contributed by atoms with E-state index < -0.39 is 0 Å². The van der Waals surface area contributed by atoms with Gasteiger partial charge in [0.15, 0.2) is 5.65 Å². The second-order valence-corrected chi connectivity index (χ2v) is 5.36. The van der Waals surface area contributed by atoms with Crippen LogP contribution in [0, 0.1) is 0 Å². The molecule has 1 atom stereocenters. The number of nitrogens with one attached hydrogen (secondary N) is 1. The smallest absolute Gasteiger partial charge is 0.158 e. The summed E-state index contributed by atoms with van der Waals surface area (Å²) >= 11 is 0. The summed E-state index contributed by atoms with van der Waals surface area (Å²) in [7, 11) is 0. The van der Waals surface area contributed by atoms with Crippen LogP contribution in [0.5, 0.6) is 0 Å². The van der Waals surface area contributed by atoms with Gasteiger partial charge in [0.05, 0.1) is 11.7 Å². The predicted molar refractivity (Wildman–Crippen MR) is 89.0 cm³/mol. The molecule has 0 amide bonds. The Balaban J connectivity index is 1.83. The van der Waals surface area contributed by atoms with Gasteiger partial charge in [-0.1, -0.05) is 42.5 Å². The number of rotatable bonds is 3. The summed E-state index contributed by atoms with van der Waals surface area (Å²) in [6.45, 7) is 2.15. The van der Waals surface area contributed by atoms with Crippen LogP contribution >= 0.6 is 0 Å². The minimum atomic E-state index is 0.183. The van der Waals surface area contributed by atoms with Crippen LogP contribution in [-0.4, -0.2) is 14.6 Å². The Kier molecular flexibility index (Phi) is 3.00. The van der Waals surface area contributed by atoms with Gasteiger partial charge in [-0.05, 0) is 24.6 Å². The Morgan fingerprint density at radius 3 is 2.59 bits per heavy atom. The number of para-hydroxylation sites is 1. The first-order valence-electron chi connectivity index (χ1n) is 7.37. The van der Waals surface area contributed by atoms with E-state index in [9.17, 15) is 0 Å². The Labute approximate surface area is 128 Å². The zero-order valence-electron chi connectivity index (χ0n) is 12.3. The molecule has 0 saturated heterocycles. The maximum absolute atomic E-state index is 4.72. The highest BCUT2D eigenvalue weighted by Crippen LogP contribution is 2.26. The van der Waals surface area contributed by atoms with Gasteiger partial charge in [0.2, 0.25) is 0 Å². The van der Waals surface area contributed by atoms with Gasteiger partial charge in [-0.2, -0.15) is 5.10 Å². The Morgan fingerprint density at radius 1 is 0.955 bits per heavy atom. The normalized spacial score (nSPS) is 12.6. The van der Waals surface area contributed by atoms with Crippen molar-refractivity contribution >= 4 is 22.4 Å². The van der Waals surface area contributed by atoms with Crippen LogP contribution in [0.1, 0.15) is 18.5 Å². The van der Waals surface area contributed by atoms with Crippen LogP contribution < -0.4 is 5.32 Å². The minimum Gasteiger partial charge on any atom is -0.363 e. The molecule has 4 rings (SSSR count). The fourth-order valence-electron chi connectivity index (χ4n) is 2.74. The molecule has 4 aromatic rings. The Hall–Kier alpha value is -2.88. The quantitative estimate of drug-likeness (QED) is 0.618. The first-order chi connectivity index (χ1) is 10.8. The number of hydrogen-bond donors (Lipinski definition) is 1. The monoisotopic (exact) mass is 288 g/mol. The molecule has 4 heteroatoms. The Morgan fingerprint density at radius 2 is 1.73 bits per heavy atom. The summed E-state index contributed by atoms with van der Waals surface area (Å²) in [6.07, 6.45) is 1.78. The van der Waals surface area contributed by atoms with E-state index >= 15 is 0 Å². The molecule has 2 heterocycles. The van der Waals surface area contributed by atoms with E-state index in [1.54, 1.807) is 6.20 Å². The maximum Gasteiger partial charge on any atom is 0.158 e. The van der Waals surface area contributed by atoms with Crippen LogP contribution in [0.15, 0.2) is 66.9 Å². The summed E-state index contributed by atoms with van der Waals surface area (Å²) in [5.41, 5.74) is 3.14. The molecule has 0 spiro atoms. The van der Waals surface area contributed by atoms with E-state index in [-0.39, 0.29) is 6.04 Å². The maximum atomic E-state index is 4.72. The minimum absolute atomic E-state index is 0.183. The fourth-order valence-corrected chi connectivity index (χ4v) is 2.74. The Bertz CT molecular complexity index is 928. The van der Waals surface area contributed by atoms with E-state index in [0.717, 1.165) is 22.4 Å². The van der Waals surface area contributed by atoms with E-state index in [4.69, 9.17) is 4.98 Å². The van der Waals surface area contributed by atoms with Gasteiger partial charge in [0.1, 0.15) is 5.82 Å².